The van der Waals surface area contributed by atoms with E-state index in [1.165, 1.54) is 32.1 Å². The van der Waals surface area contributed by atoms with Crippen LogP contribution in [-0.2, 0) is 4.79 Å². The molecule has 2 heteroatoms. The lowest BCUT2D eigenvalue weighted by molar-refractivity contribution is -0.120. The Labute approximate surface area is 80.4 Å². The van der Waals surface area contributed by atoms with Gasteiger partial charge >= 0.3 is 0 Å². The van der Waals surface area contributed by atoms with Crippen molar-refractivity contribution in [2.24, 2.45) is 0 Å². The molecule has 13 heavy (non-hydrogen) atoms. The van der Waals surface area contributed by atoms with Crippen molar-refractivity contribution in [3.63, 3.8) is 0 Å². The minimum atomic E-state index is 0.164. The summed E-state index contributed by atoms with van der Waals surface area (Å²) in [5.41, 5.74) is 0. The van der Waals surface area contributed by atoms with Crippen molar-refractivity contribution < 1.29 is 4.79 Å². The summed E-state index contributed by atoms with van der Waals surface area (Å²) in [6.45, 7) is 0. The molecule has 1 rings (SSSR count). The Morgan fingerprint density at radius 1 is 1.00 bits per heavy atom. The molecule has 1 aliphatic rings. The number of carbonyl (C=O) groups excluding carboxylic acids is 1. The number of carbonyl (C=O) groups is 1. The topological polar surface area (TPSA) is 29.1 Å². The van der Waals surface area contributed by atoms with Gasteiger partial charge in [0, 0.05) is 6.42 Å². The fourth-order valence-electron chi connectivity index (χ4n) is 1.56. The molecule has 0 saturated carbocycles. The zero-order chi connectivity index (χ0) is 9.36. The predicted molar refractivity (Wildman–Crippen MR) is 54.2 cm³/mol. The third-order valence-electron chi connectivity index (χ3n) is 2.39. The largest absolute Gasteiger partial charge is 0.333 e. The number of hydrogen-bond acceptors (Lipinski definition) is 1. The van der Waals surface area contributed by atoms with Crippen molar-refractivity contribution in [1.82, 2.24) is 5.32 Å². The maximum absolute atomic E-state index is 11.1. The highest BCUT2D eigenvalue weighted by atomic mass is 16.1. The number of amides is 1. The normalized spacial score (nSPS) is 23.8. The van der Waals surface area contributed by atoms with Gasteiger partial charge in [-0.05, 0) is 25.5 Å². The quantitative estimate of drug-likeness (QED) is 0.611. The average molecular weight is 181 g/mol. The van der Waals surface area contributed by atoms with Crippen molar-refractivity contribution in [3.8, 4) is 0 Å². The standard InChI is InChI=1S/C11H19NO/c13-11-9-7-5-3-1-2-4-6-8-10-12-11/h8,10H,1-7,9H2,(H,12,13)/b10-8+. The first-order valence-electron chi connectivity index (χ1n) is 5.34. The number of hydrogen-bond donors (Lipinski definition) is 1. The van der Waals surface area contributed by atoms with E-state index in [2.05, 4.69) is 11.4 Å². The van der Waals surface area contributed by atoms with Crippen LogP contribution in [-0.4, -0.2) is 5.91 Å². The molecular weight excluding hydrogens is 162 g/mol. The van der Waals surface area contributed by atoms with E-state index in [4.69, 9.17) is 0 Å². The van der Waals surface area contributed by atoms with Crippen LogP contribution in [0.2, 0.25) is 0 Å². The van der Waals surface area contributed by atoms with Gasteiger partial charge in [-0.25, -0.2) is 0 Å². The summed E-state index contributed by atoms with van der Waals surface area (Å²) in [7, 11) is 0. The van der Waals surface area contributed by atoms with Crippen LogP contribution < -0.4 is 5.32 Å². The molecule has 0 radical (unpaired) electrons. The lowest BCUT2D eigenvalue weighted by atomic mass is 10.1. The number of nitrogens with one attached hydrogen (secondary N) is 1. The summed E-state index contributed by atoms with van der Waals surface area (Å²) in [6, 6.07) is 0. The Morgan fingerprint density at radius 2 is 1.69 bits per heavy atom. The van der Waals surface area contributed by atoms with E-state index in [1.807, 2.05) is 0 Å². The summed E-state index contributed by atoms with van der Waals surface area (Å²) < 4.78 is 0. The van der Waals surface area contributed by atoms with Crippen molar-refractivity contribution in [3.05, 3.63) is 12.3 Å². The van der Waals surface area contributed by atoms with E-state index in [-0.39, 0.29) is 5.91 Å². The van der Waals surface area contributed by atoms with Crippen LogP contribution in [0.25, 0.3) is 0 Å². The zero-order valence-corrected chi connectivity index (χ0v) is 8.22. The molecule has 0 fully saturated rings. The molecule has 0 aromatic heterocycles. The van der Waals surface area contributed by atoms with Crippen molar-refractivity contribution >= 4 is 5.91 Å². The van der Waals surface area contributed by atoms with E-state index in [0.29, 0.717) is 6.42 Å². The summed E-state index contributed by atoms with van der Waals surface area (Å²) in [4.78, 5) is 11.1. The molecule has 1 amide bonds. The molecule has 1 aliphatic heterocycles. The molecule has 0 saturated heterocycles. The highest BCUT2D eigenvalue weighted by Gasteiger charge is 1.99. The smallest absolute Gasteiger partial charge is 0.223 e. The minimum absolute atomic E-state index is 0.164. The van der Waals surface area contributed by atoms with E-state index < -0.39 is 0 Å². The second kappa shape index (κ2) is 6.70. The molecule has 0 aliphatic carbocycles. The van der Waals surface area contributed by atoms with Crippen molar-refractivity contribution in [1.29, 1.82) is 0 Å². The van der Waals surface area contributed by atoms with Gasteiger partial charge < -0.3 is 5.32 Å². The molecule has 0 bridgehead atoms. The van der Waals surface area contributed by atoms with Crippen LogP contribution >= 0.6 is 0 Å². The third kappa shape index (κ3) is 5.45. The molecule has 2 nitrogen and oxygen atoms in total. The van der Waals surface area contributed by atoms with Crippen LogP contribution in [0.3, 0.4) is 0 Å². The lowest BCUT2D eigenvalue weighted by Gasteiger charge is -2.03. The Balaban J connectivity index is 2.26. The lowest BCUT2D eigenvalue weighted by Crippen LogP contribution is -2.16. The van der Waals surface area contributed by atoms with Gasteiger partial charge in [-0.15, -0.1) is 0 Å². The Bertz CT molecular complexity index is 175. The second-order valence-corrected chi connectivity index (χ2v) is 3.63. The molecule has 0 atom stereocenters. The van der Waals surface area contributed by atoms with Gasteiger partial charge in [-0.2, -0.15) is 0 Å². The van der Waals surface area contributed by atoms with E-state index >= 15 is 0 Å². The fraction of sp³-hybridized carbons (Fsp3) is 0.727. The van der Waals surface area contributed by atoms with Crippen LogP contribution in [0, 0.1) is 0 Å². The van der Waals surface area contributed by atoms with E-state index in [1.54, 1.807) is 6.20 Å². The van der Waals surface area contributed by atoms with Crippen molar-refractivity contribution in [2.45, 2.75) is 51.4 Å². The van der Waals surface area contributed by atoms with Gasteiger partial charge in [0.2, 0.25) is 5.91 Å². The molecule has 0 unspecified atom stereocenters. The first-order valence-corrected chi connectivity index (χ1v) is 5.34. The van der Waals surface area contributed by atoms with Gasteiger partial charge in [0.25, 0.3) is 0 Å². The molecule has 1 heterocycles. The molecule has 0 spiro atoms. The summed E-state index contributed by atoms with van der Waals surface area (Å²) in [5.74, 6) is 0.164. The highest BCUT2D eigenvalue weighted by molar-refractivity contribution is 5.76. The Kier molecular flexibility index (Phi) is 5.30. The SMILES string of the molecule is O=C1CCCCCCCC/C=C/N1. The first-order chi connectivity index (χ1) is 6.39. The fourth-order valence-corrected chi connectivity index (χ4v) is 1.56. The highest BCUT2D eigenvalue weighted by Crippen LogP contribution is 2.09. The summed E-state index contributed by atoms with van der Waals surface area (Å²) >= 11 is 0. The maximum atomic E-state index is 11.1. The van der Waals surface area contributed by atoms with Gasteiger partial charge in [0.1, 0.15) is 0 Å². The number of allylic oxidation sites excluding steroid dienone is 1. The molecular formula is C11H19NO. The Hall–Kier alpha value is -0.790. The van der Waals surface area contributed by atoms with Crippen LogP contribution in [0.5, 0.6) is 0 Å². The van der Waals surface area contributed by atoms with Crippen LogP contribution in [0.4, 0.5) is 0 Å². The molecule has 1 N–H and O–H groups in total. The summed E-state index contributed by atoms with van der Waals surface area (Å²) in [6.07, 6.45) is 13.1. The van der Waals surface area contributed by atoms with Gasteiger partial charge in [-0.1, -0.05) is 31.8 Å². The predicted octanol–water partition coefficient (Wildman–Crippen LogP) is 2.75. The molecule has 0 aromatic carbocycles. The average Bonchev–Trinajstić information content (AvgIpc) is 2.11. The zero-order valence-electron chi connectivity index (χ0n) is 8.22. The second-order valence-electron chi connectivity index (χ2n) is 3.63. The van der Waals surface area contributed by atoms with Gasteiger partial charge in [0.15, 0.2) is 0 Å². The van der Waals surface area contributed by atoms with Crippen LogP contribution in [0.1, 0.15) is 51.4 Å². The summed E-state index contributed by atoms with van der Waals surface area (Å²) in [5, 5.41) is 2.78. The maximum Gasteiger partial charge on any atom is 0.223 e. The monoisotopic (exact) mass is 181 g/mol. The van der Waals surface area contributed by atoms with Crippen LogP contribution in [0.15, 0.2) is 12.3 Å². The minimum Gasteiger partial charge on any atom is -0.333 e. The third-order valence-corrected chi connectivity index (χ3v) is 2.39. The molecule has 74 valence electrons. The first kappa shape index (κ1) is 10.3. The molecule has 0 aromatic rings. The van der Waals surface area contributed by atoms with Gasteiger partial charge in [-0.3, -0.25) is 4.79 Å². The van der Waals surface area contributed by atoms with E-state index in [0.717, 1.165) is 12.8 Å². The number of rotatable bonds is 0. The Morgan fingerprint density at radius 3 is 2.54 bits per heavy atom. The van der Waals surface area contributed by atoms with Crippen molar-refractivity contribution in [2.75, 3.05) is 0 Å². The van der Waals surface area contributed by atoms with Gasteiger partial charge in [0.05, 0.1) is 0 Å². The van der Waals surface area contributed by atoms with E-state index in [9.17, 15) is 4.79 Å².